The monoisotopic (exact) mass is 303 g/mol. The van der Waals surface area contributed by atoms with E-state index < -0.39 is 0 Å². The number of carbonyl (C=O) groups excluding carboxylic acids is 2. The molecule has 2 amide bonds. The highest BCUT2D eigenvalue weighted by molar-refractivity contribution is 5.93. The van der Waals surface area contributed by atoms with E-state index in [4.69, 9.17) is 0 Å². The Morgan fingerprint density at radius 2 is 2.05 bits per heavy atom. The van der Waals surface area contributed by atoms with Crippen LogP contribution >= 0.6 is 0 Å². The summed E-state index contributed by atoms with van der Waals surface area (Å²) in [5, 5.41) is 5.92. The van der Waals surface area contributed by atoms with Crippen molar-refractivity contribution in [3.8, 4) is 0 Å². The van der Waals surface area contributed by atoms with E-state index in [0.717, 1.165) is 25.1 Å². The first-order valence-corrected chi connectivity index (χ1v) is 7.86. The quantitative estimate of drug-likeness (QED) is 0.835. The van der Waals surface area contributed by atoms with Gasteiger partial charge in [-0.15, -0.1) is 0 Å². The molecule has 0 saturated carbocycles. The van der Waals surface area contributed by atoms with Gasteiger partial charge in [0.1, 0.15) is 0 Å². The number of nitrogens with zero attached hydrogens (tertiary/aromatic N) is 1. The summed E-state index contributed by atoms with van der Waals surface area (Å²) in [6.07, 6.45) is 2.75. The van der Waals surface area contributed by atoms with Gasteiger partial charge in [-0.3, -0.25) is 9.59 Å². The largest absolute Gasteiger partial charge is 0.355 e. The molecule has 0 bridgehead atoms. The van der Waals surface area contributed by atoms with Crippen LogP contribution in [0.2, 0.25) is 0 Å². The Balaban J connectivity index is 1.81. The standard InChI is InChI=1S/C17H25N3O2/c1-18-17(22)15-6-3-14(4-7-15)12-20(2)16(21)8-5-13-9-10-19-11-13/h3-4,6-7,13,19H,5,8-12H2,1-2H3,(H,18,22). The predicted octanol–water partition coefficient (Wildman–Crippen LogP) is 1.39. The van der Waals surface area contributed by atoms with Gasteiger partial charge in [-0.05, 0) is 49.5 Å². The van der Waals surface area contributed by atoms with Crippen molar-refractivity contribution in [2.75, 3.05) is 27.2 Å². The van der Waals surface area contributed by atoms with Gasteiger partial charge in [0, 0.05) is 32.6 Å². The zero-order chi connectivity index (χ0) is 15.9. The highest BCUT2D eigenvalue weighted by atomic mass is 16.2. The number of hydrogen-bond donors (Lipinski definition) is 2. The van der Waals surface area contributed by atoms with Crippen molar-refractivity contribution >= 4 is 11.8 Å². The van der Waals surface area contributed by atoms with Crippen LogP contribution in [-0.2, 0) is 11.3 Å². The van der Waals surface area contributed by atoms with Gasteiger partial charge in [0.05, 0.1) is 0 Å². The third-order valence-corrected chi connectivity index (χ3v) is 4.22. The molecule has 1 heterocycles. The van der Waals surface area contributed by atoms with Gasteiger partial charge in [-0.2, -0.15) is 0 Å². The molecule has 2 N–H and O–H groups in total. The lowest BCUT2D eigenvalue weighted by Gasteiger charge is -2.18. The zero-order valence-corrected chi connectivity index (χ0v) is 13.4. The van der Waals surface area contributed by atoms with Gasteiger partial charge >= 0.3 is 0 Å². The molecule has 0 radical (unpaired) electrons. The molecule has 0 spiro atoms. The second-order valence-corrected chi connectivity index (χ2v) is 5.92. The van der Waals surface area contributed by atoms with Gasteiger partial charge in [-0.25, -0.2) is 0 Å². The maximum absolute atomic E-state index is 12.2. The van der Waals surface area contributed by atoms with E-state index in [1.807, 2.05) is 19.2 Å². The van der Waals surface area contributed by atoms with Crippen molar-refractivity contribution < 1.29 is 9.59 Å². The normalized spacial score (nSPS) is 17.3. The van der Waals surface area contributed by atoms with Gasteiger partial charge in [0.25, 0.3) is 5.91 Å². The minimum absolute atomic E-state index is 0.0962. The van der Waals surface area contributed by atoms with Crippen LogP contribution in [0.3, 0.4) is 0 Å². The summed E-state index contributed by atoms with van der Waals surface area (Å²) >= 11 is 0. The lowest BCUT2D eigenvalue weighted by Crippen LogP contribution is -2.26. The maximum Gasteiger partial charge on any atom is 0.251 e. The first kappa shape index (κ1) is 16.5. The molecule has 1 aromatic rings. The molecule has 5 heteroatoms. The van der Waals surface area contributed by atoms with Crippen molar-refractivity contribution in [1.29, 1.82) is 0 Å². The number of benzene rings is 1. The second kappa shape index (κ2) is 7.94. The van der Waals surface area contributed by atoms with E-state index in [0.29, 0.717) is 24.4 Å². The minimum Gasteiger partial charge on any atom is -0.355 e. The summed E-state index contributed by atoms with van der Waals surface area (Å²) in [5.74, 6) is 0.729. The topological polar surface area (TPSA) is 61.4 Å². The smallest absolute Gasteiger partial charge is 0.251 e. The first-order valence-electron chi connectivity index (χ1n) is 7.86. The Morgan fingerprint density at radius 1 is 1.32 bits per heavy atom. The SMILES string of the molecule is CNC(=O)c1ccc(CN(C)C(=O)CCC2CCNC2)cc1. The molecule has 1 unspecified atom stereocenters. The van der Waals surface area contributed by atoms with Crippen LogP contribution < -0.4 is 10.6 Å². The first-order chi connectivity index (χ1) is 10.6. The molecular formula is C17H25N3O2. The molecule has 5 nitrogen and oxygen atoms in total. The molecule has 1 aliphatic heterocycles. The summed E-state index contributed by atoms with van der Waals surface area (Å²) in [7, 11) is 3.45. The fourth-order valence-corrected chi connectivity index (χ4v) is 2.75. The zero-order valence-electron chi connectivity index (χ0n) is 13.4. The third kappa shape index (κ3) is 4.56. The summed E-state index contributed by atoms with van der Waals surface area (Å²) in [4.78, 5) is 25.4. The fraction of sp³-hybridized carbons (Fsp3) is 0.529. The Hall–Kier alpha value is -1.88. The third-order valence-electron chi connectivity index (χ3n) is 4.22. The van der Waals surface area contributed by atoms with Crippen molar-refractivity contribution in [3.63, 3.8) is 0 Å². The van der Waals surface area contributed by atoms with Gasteiger partial charge < -0.3 is 15.5 Å². The van der Waals surface area contributed by atoms with Crippen LogP contribution in [0, 0.1) is 5.92 Å². The molecule has 22 heavy (non-hydrogen) atoms. The number of carbonyl (C=O) groups is 2. The highest BCUT2D eigenvalue weighted by Crippen LogP contribution is 2.15. The van der Waals surface area contributed by atoms with Crippen molar-refractivity contribution in [2.45, 2.75) is 25.8 Å². The van der Waals surface area contributed by atoms with E-state index in [9.17, 15) is 9.59 Å². The lowest BCUT2D eigenvalue weighted by molar-refractivity contribution is -0.130. The van der Waals surface area contributed by atoms with E-state index in [1.54, 1.807) is 24.1 Å². The molecule has 0 aliphatic carbocycles. The molecule has 1 aromatic carbocycles. The van der Waals surface area contributed by atoms with Crippen molar-refractivity contribution in [1.82, 2.24) is 15.5 Å². The number of rotatable bonds is 6. The number of nitrogens with one attached hydrogen (secondary N) is 2. The predicted molar refractivity (Wildman–Crippen MR) is 86.5 cm³/mol. The molecule has 120 valence electrons. The molecular weight excluding hydrogens is 278 g/mol. The van der Waals surface area contributed by atoms with Crippen molar-refractivity contribution in [2.24, 2.45) is 5.92 Å². The molecule has 2 rings (SSSR count). The Bertz CT molecular complexity index is 507. The average Bonchev–Trinajstić information content (AvgIpc) is 3.06. The van der Waals surface area contributed by atoms with Crippen LogP contribution in [0.25, 0.3) is 0 Å². The summed E-state index contributed by atoms with van der Waals surface area (Å²) < 4.78 is 0. The van der Waals surface area contributed by atoms with Gasteiger partial charge in [0.2, 0.25) is 5.91 Å². The molecule has 1 atom stereocenters. The summed E-state index contributed by atoms with van der Waals surface area (Å²) in [6.45, 7) is 2.69. The Labute approximate surface area is 132 Å². The molecule has 1 aliphatic rings. The van der Waals surface area contributed by atoms with Crippen LogP contribution in [0.15, 0.2) is 24.3 Å². The Morgan fingerprint density at radius 3 is 2.64 bits per heavy atom. The number of hydrogen-bond acceptors (Lipinski definition) is 3. The van der Waals surface area contributed by atoms with E-state index in [-0.39, 0.29) is 11.8 Å². The maximum atomic E-state index is 12.2. The molecule has 1 fully saturated rings. The van der Waals surface area contributed by atoms with Crippen LogP contribution in [0.1, 0.15) is 35.2 Å². The summed E-state index contributed by atoms with van der Waals surface area (Å²) in [5.41, 5.74) is 1.67. The number of amides is 2. The second-order valence-electron chi connectivity index (χ2n) is 5.92. The average molecular weight is 303 g/mol. The van der Waals surface area contributed by atoms with Crippen LogP contribution in [0.5, 0.6) is 0 Å². The molecule has 0 aromatic heterocycles. The van der Waals surface area contributed by atoms with E-state index in [2.05, 4.69) is 10.6 Å². The van der Waals surface area contributed by atoms with Crippen molar-refractivity contribution in [3.05, 3.63) is 35.4 Å². The fourth-order valence-electron chi connectivity index (χ4n) is 2.75. The highest BCUT2D eigenvalue weighted by Gasteiger charge is 2.17. The van der Waals surface area contributed by atoms with E-state index in [1.165, 1.54) is 6.42 Å². The minimum atomic E-state index is -0.0962. The van der Waals surface area contributed by atoms with Gasteiger partial charge in [0.15, 0.2) is 0 Å². The van der Waals surface area contributed by atoms with Crippen LogP contribution in [0.4, 0.5) is 0 Å². The van der Waals surface area contributed by atoms with Crippen LogP contribution in [-0.4, -0.2) is 43.9 Å². The van der Waals surface area contributed by atoms with Gasteiger partial charge in [-0.1, -0.05) is 12.1 Å². The Kier molecular flexibility index (Phi) is 5.95. The lowest BCUT2D eigenvalue weighted by atomic mass is 10.0. The van der Waals surface area contributed by atoms with E-state index >= 15 is 0 Å². The summed E-state index contributed by atoms with van der Waals surface area (Å²) in [6, 6.07) is 7.37. The molecule has 1 saturated heterocycles.